The van der Waals surface area contributed by atoms with Crippen molar-refractivity contribution in [1.82, 2.24) is 0 Å². The summed E-state index contributed by atoms with van der Waals surface area (Å²) < 4.78 is 42.8. The molecule has 0 amide bonds. The van der Waals surface area contributed by atoms with E-state index < -0.39 is 57.5 Å². The van der Waals surface area contributed by atoms with Crippen LogP contribution in [0.1, 0.15) is 19.8 Å². The van der Waals surface area contributed by atoms with E-state index in [0.29, 0.717) is 12.8 Å². The highest BCUT2D eigenvalue weighted by Crippen LogP contribution is 2.62. The van der Waals surface area contributed by atoms with E-state index in [1.54, 1.807) is 0 Å². The van der Waals surface area contributed by atoms with E-state index in [2.05, 4.69) is 6.58 Å². The van der Waals surface area contributed by atoms with Crippen molar-refractivity contribution >= 4 is 28.0 Å². The summed E-state index contributed by atoms with van der Waals surface area (Å²) >= 11 is 0. The van der Waals surface area contributed by atoms with Gasteiger partial charge >= 0.3 is 17.9 Å². The maximum Gasteiger partial charge on any atom is 0.344 e. The summed E-state index contributed by atoms with van der Waals surface area (Å²) in [6, 6.07) is 0. The van der Waals surface area contributed by atoms with Crippen molar-refractivity contribution in [1.29, 1.82) is 0 Å². The van der Waals surface area contributed by atoms with Crippen molar-refractivity contribution in [2.75, 3.05) is 13.7 Å². The fourth-order valence-electron chi connectivity index (χ4n) is 4.11. The van der Waals surface area contributed by atoms with E-state index in [9.17, 15) is 22.8 Å². The number of fused-ring (bicyclic) bond motifs is 1. The van der Waals surface area contributed by atoms with Crippen molar-refractivity contribution in [2.24, 2.45) is 11.8 Å². The number of hydrogen-bond donors (Lipinski definition) is 0. The van der Waals surface area contributed by atoms with Crippen LogP contribution >= 0.6 is 0 Å². The van der Waals surface area contributed by atoms with Crippen LogP contribution in [0.2, 0.25) is 0 Å². The lowest BCUT2D eigenvalue weighted by atomic mass is 9.83. The Kier molecular flexibility index (Phi) is 4.15. The molecule has 3 rings (SSSR count). The molecule has 1 heterocycles. The second-order valence-electron chi connectivity index (χ2n) is 6.48. The quantitative estimate of drug-likeness (QED) is 0.276. The average Bonchev–Trinajstić information content (AvgIpc) is 3.11. The van der Waals surface area contributed by atoms with Crippen LogP contribution in [0.3, 0.4) is 0 Å². The van der Waals surface area contributed by atoms with Gasteiger partial charge in [0.15, 0.2) is 6.61 Å². The van der Waals surface area contributed by atoms with E-state index in [1.807, 2.05) is 0 Å². The van der Waals surface area contributed by atoms with Crippen LogP contribution in [0.25, 0.3) is 0 Å². The van der Waals surface area contributed by atoms with Crippen LogP contribution in [-0.4, -0.2) is 57.0 Å². The smallest absolute Gasteiger partial charge is 0.344 e. The first kappa shape index (κ1) is 17.9. The predicted octanol–water partition coefficient (Wildman–Crippen LogP) is -0.302. The van der Waals surface area contributed by atoms with Gasteiger partial charge < -0.3 is 14.2 Å². The zero-order valence-electron chi connectivity index (χ0n) is 13.7. The molecule has 2 saturated carbocycles. The number of ether oxygens (including phenoxy) is 3. The molecular weight excluding hydrogens is 356 g/mol. The summed E-state index contributed by atoms with van der Waals surface area (Å²) in [4.78, 5) is 35.7. The Bertz CT molecular complexity index is 755. The van der Waals surface area contributed by atoms with Crippen LogP contribution in [-0.2, 0) is 42.9 Å². The van der Waals surface area contributed by atoms with Crippen molar-refractivity contribution in [3.8, 4) is 0 Å². The fourth-order valence-corrected chi connectivity index (χ4v) is 6.24. The molecule has 138 valence electrons. The third-order valence-corrected chi connectivity index (χ3v) is 7.07. The molecule has 5 atom stereocenters. The molecule has 10 heteroatoms. The number of carbonyl (C=O) groups is 3. The van der Waals surface area contributed by atoms with Gasteiger partial charge in [0.1, 0.15) is 6.10 Å². The molecule has 5 unspecified atom stereocenters. The van der Waals surface area contributed by atoms with E-state index >= 15 is 0 Å². The molecular formula is C15H18O9S. The van der Waals surface area contributed by atoms with Crippen molar-refractivity contribution < 1.29 is 41.2 Å². The van der Waals surface area contributed by atoms with Gasteiger partial charge in [-0.3, -0.25) is 8.98 Å². The highest BCUT2D eigenvalue weighted by atomic mass is 32.2. The number of carbonyl (C=O) groups excluding carboxylic acids is 3. The number of methoxy groups -OCH3 is 1. The van der Waals surface area contributed by atoms with Crippen LogP contribution in [0, 0.1) is 11.8 Å². The Morgan fingerprint density at radius 1 is 1.28 bits per heavy atom. The summed E-state index contributed by atoms with van der Waals surface area (Å²) in [7, 11) is -3.25. The first-order valence-corrected chi connectivity index (χ1v) is 9.09. The second-order valence-corrected chi connectivity index (χ2v) is 8.25. The molecule has 0 aromatic carbocycles. The Labute approximate surface area is 144 Å². The largest absolute Gasteiger partial charge is 0.468 e. The van der Waals surface area contributed by atoms with Gasteiger partial charge in [0.25, 0.3) is 10.1 Å². The van der Waals surface area contributed by atoms with Crippen molar-refractivity contribution in [3.05, 3.63) is 12.2 Å². The van der Waals surface area contributed by atoms with Gasteiger partial charge in [0.2, 0.25) is 4.75 Å². The van der Waals surface area contributed by atoms with E-state index in [1.165, 1.54) is 6.92 Å². The monoisotopic (exact) mass is 374 g/mol. The summed E-state index contributed by atoms with van der Waals surface area (Å²) in [5.41, 5.74) is 0.105. The van der Waals surface area contributed by atoms with Crippen LogP contribution in [0.5, 0.6) is 0 Å². The third-order valence-electron chi connectivity index (χ3n) is 5.04. The molecule has 1 aliphatic heterocycles. The molecule has 25 heavy (non-hydrogen) atoms. The first-order chi connectivity index (χ1) is 11.6. The Morgan fingerprint density at radius 2 is 1.96 bits per heavy atom. The minimum atomic E-state index is -4.32. The Hall–Kier alpha value is -1.94. The van der Waals surface area contributed by atoms with Gasteiger partial charge in [-0.25, -0.2) is 9.59 Å². The molecule has 3 fully saturated rings. The predicted molar refractivity (Wildman–Crippen MR) is 80.4 cm³/mol. The summed E-state index contributed by atoms with van der Waals surface area (Å²) in [6.45, 7) is 4.09. The maximum atomic E-state index is 12.5. The zero-order chi connectivity index (χ0) is 18.6. The standard InChI is InChI=1S/C15H18O9S/c1-7(2)13(17)22-6-11(16)23-12-8-4-9-10(5-8)24-25(19,20)15(9,12)14(18)21-3/h8-10,12H,1,4-6H2,2-3H3. The molecule has 0 radical (unpaired) electrons. The van der Waals surface area contributed by atoms with Gasteiger partial charge in [-0.1, -0.05) is 6.58 Å². The summed E-state index contributed by atoms with van der Waals surface area (Å²) in [6.07, 6.45) is -1.09. The van der Waals surface area contributed by atoms with E-state index in [0.717, 1.165) is 7.11 Å². The average molecular weight is 374 g/mol. The molecule has 2 bridgehead atoms. The molecule has 0 spiro atoms. The highest BCUT2D eigenvalue weighted by Gasteiger charge is 2.80. The molecule has 2 aliphatic carbocycles. The summed E-state index contributed by atoms with van der Waals surface area (Å²) in [5, 5.41) is 0. The Morgan fingerprint density at radius 3 is 2.56 bits per heavy atom. The van der Waals surface area contributed by atoms with Gasteiger partial charge in [0, 0.05) is 17.4 Å². The SMILES string of the molecule is C=C(C)C(=O)OCC(=O)OC1C2CC3OS(=O)(=O)C1(C(=O)OC)C3C2. The molecule has 0 N–H and O–H groups in total. The highest BCUT2D eigenvalue weighted by molar-refractivity contribution is 7.89. The summed E-state index contributed by atoms with van der Waals surface area (Å²) in [5.74, 6) is -3.68. The third kappa shape index (κ3) is 2.38. The van der Waals surface area contributed by atoms with Crippen LogP contribution in [0.15, 0.2) is 12.2 Å². The van der Waals surface area contributed by atoms with E-state index in [-0.39, 0.29) is 11.5 Å². The Balaban J connectivity index is 1.83. The van der Waals surface area contributed by atoms with Crippen molar-refractivity contribution in [3.63, 3.8) is 0 Å². The molecule has 0 aromatic heterocycles. The number of hydrogen-bond acceptors (Lipinski definition) is 9. The minimum absolute atomic E-state index is 0.105. The molecule has 0 aromatic rings. The van der Waals surface area contributed by atoms with Crippen LogP contribution < -0.4 is 0 Å². The maximum absolute atomic E-state index is 12.5. The minimum Gasteiger partial charge on any atom is -0.468 e. The van der Waals surface area contributed by atoms with Crippen molar-refractivity contribution in [2.45, 2.75) is 36.7 Å². The zero-order valence-corrected chi connectivity index (χ0v) is 14.5. The molecule has 1 saturated heterocycles. The van der Waals surface area contributed by atoms with Gasteiger partial charge in [-0.05, 0) is 19.8 Å². The van der Waals surface area contributed by atoms with Gasteiger partial charge in [-0.15, -0.1) is 0 Å². The second kappa shape index (κ2) is 5.80. The van der Waals surface area contributed by atoms with Gasteiger partial charge in [-0.2, -0.15) is 8.42 Å². The number of esters is 3. The molecule has 9 nitrogen and oxygen atoms in total. The number of rotatable bonds is 5. The fraction of sp³-hybridized carbons (Fsp3) is 0.667. The first-order valence-electron chi connectivity index (χ1n) is 7.68. The lowest BCUT2D eigenvalue weighted by molar-refractivity contribution is -0.168. The topological polar surface area (TPSA) is 122 Å². The van der Waals surface area contributed by atoms with Crippen LogP contribution in [0.4, 0.5) is 0 Å². The lowest BCUT2D eigenvalue weighted by Gasteiger charge is -2.33. The molecule has 3 aliphatic rings. The normalized spacial score (nSPS) is 36.7. The van der Waals surface area contributed by atoms with Gasteiger partial charge in [0.05, 0.1) is 13.2 Å². The van der Waals surface area contributed by atoms with E-state index in [4.69, 9.17) is 18.4 Å². The lowest BCUT2D eigenvalue weighted by Crippen LogP contribution is -2.58.